The van der Waals surface area contributed by atoms with E-state index in [1.54, 1.807) is 0 Å². The van der Waals surface area contributed by atoms with Crippen LogP contribution in [0, 0.1) is 13.8 Å². The molecule has 0 saturated heterocycles. The number of hydrogen-bond acceptors (Lipinski definition) is 2. The first-order valence-corrected chi connectivity index (χ1v) is 7.29. The Morgan fingerprint density at radius 1 is 1.14 bits per heavy atom. The van der Waals surface area contributed by atoms with Crippen LogP contribution in [0.4, 0.5) is 0 Å². The lowest BCUT2D eigenvalue weighted by atomic mass is 9.97. The summed E-state index contributed by atoms with van der Waals surface area (Å²) in [6.07, 6.45) is 0.746. The van der Waals surface area contributed by atoms with Crippen LogP contribution in [0.25, 0.3) is 11.0 Å². The highest BCUT2D eigenvalue weighted by atomic mass is 15.1. The second-order valence-corrected chi connectivity index (χ2v) is 5.75. The third kappa shape index (κ3) is 2.57. The number of imidazole rings is 1. The number of benzene rings is 2. The van der Waals surface area contributed by atoms with Crippen molar-refractivity contribution in [1.82, 2.24) is 9.55 Å². The molecule has 2 aromatic carbocycles. The van der Waals surface area contributed by atoms with Gasteiger partial charge in [0, 0.05) is 19.5 Å². The summed E-state index contributed by atoms with van der Waals surface area (Å²) in [5, 5.41) is 0. The van der Waals surface area contributed by atoms with Gasteiger partial charge in [-0.15, -0.1) is 0 Å². The minimum Gasteiger partial charge on any atom is -0.331 e. The van der Waals surface area contributed by atoms with Crippen LogP contribution in [0.3, 0.4) is 0 Å². The van der Waals surface area contributed by atoms with Crippen molar-refractivity contribution in [3.8, 4) is 0 Å². The van der Waals surface area contributed by atoms with Gasteiger partial charge in [0.25, 0.3) is 0 Å². The van der Waals surface area contributed by atoms with Gasteiger partial charge < -0.3 is 10.3 Å². The van der Waals surface area contributed by atoms with Gasteiger partial charge in [-0.2, -0.15) is 0 Å². The number of para-hydroxylation sites is 2. The van der Waals surface area contributed by atoms with Crippen LogP contribution in [0.15, 0.2) is 42.5 Å². The van der Waals surface area contributed by atoms with Crippen LogP contribution >= 0.6 is 0 Å². The topological polar surface area (TPSA) is 43.8 Å². The summed E-state index contributed by atoms with van der Waals surface area (Å²) >= 11 is 0. The number of hydrogen-bond donors (Lipinski definition) is 1. The lowest BCUT2D eigenvalue weighted by Gasteiger charge is -2.15. The molecule has 1 atom stereocenters. The molecule has 21 heavy (non-hydrogen) atoms. The zero-order valence-corrected chi connectivity index (χ0v) is 12.8. The van der Waals surface area contributed by atoms with Crippen molar-refractivity contribution in [1.29, 1.82) is 0 Å². The molecule has 1 aromatic heterocycles. The average Bonchev–Trinajstić information content (AvgIpc) is 2.78. The monoisotopic (exact) mass is 279 g/mol. The molecule has 0 fully saturated rings. The van der Waals surface area contributed by atoms with Crippen LogP contribution in [0.5, 0.6) is 0 Å². The van der Waals surface area contributed by atoms with Gasteiger partial charge in [0.2, 0.25) is 0 Å². The van der Waals surface area contributed by atoms with Gasteiger partial charge in [0.1, 0.15) is 5.82 Å². The molecule has 3 nitrogen and oxygen atoms in total. The summed E-state index contributed by atoms with van der Waals surface area (Å²) in [6.45, 7) is 4.22. The predicted octanol–water partition coefficient (Wildman–Crippen LogP) is 3.43. The van der Waals surface area contributed by atoms with E-state index in [1.165, 1.54) is 16.7 Å². The maximum absolute atomic E-state index is 6.43. The molecule has 0 aliphatic heterocycles. The van der Waals surface area contributed by atoms with Gasteiger partial charge in [-0.1, -0.05) is 35.9 Å². The third-order valence-corrected chi connectivity index (χ3v) is 4.12. The highest BCUT2D eigenvalue weighted by Gasteiger charge is 2.14. The maximum Gasteiger partial charge on any atom is 0.111 e. The molecule has 0 aliphatic carbocycles. The van der Waals surface area contributed by atoms with Crippen molar-refractivity contribution < 1.29 is 0 Å². The molecular formula is C18H21N3. The van der Waals surface area contributed by atoms with E-state index in [9.17, 15) is 0 Å². The van der Waals surface area contributed by atoms with Crippen LogP contribution < -0.4 is 5.73 Å². The Morgan fingerprint density at radius 2 is 1.90 bits per heavy atom. The van der Waals surface area contributed by atoms with Crippen molar-refractivity contribution in [3.63, 3.8) is 0 Å². The summed E-state index contributed by atoms with van der Waals surface area (Å²) in [5.74, 6) is 1.03. The normalized spacial score (nSPS) is 12.8. The smallest absolute Gasteiger partial charge is 0.111 e. The Labute approximate surface area is 125 Å². The molecular weight excluding hydrogens is 258 g/mol. The minimum absolute atomic E-state index is 0.0274. The van der Waals surface area contributed by atoms with Crippen molar-refractivity contribution in [2.75, 3.05) is 0 Å². The molecule has 2 N–H and O–H groups in total. The molecule has 108 valence electrons. The number of rotatable bonds is 3. The highest BCUT2D eigenvalue weighted by molar-refractivity contribution is 5.75. The van der Waals surface area contributed by atoms with Gasteiger partial charge in [0.15, 0.2) is 0 Å². The first-order valence-electron chi connectivity index (χ1n) is 7.29. The molecule has 0 spiro atoms. The number of nitrogens with two attached hydrogens (primary N) is 1. The second-order valence-electron chi connectivity index (χ2n) is 5.75. The van der Waals surface area contributed by atoms with E-state index in [-0.39, 0.29) is 6.04 Å². The molecule has 3 rings (SSSR count). The fourth-order valence-electron chi connectivity index (χ4n) is 2.84. The van der Waals surface area contributed by atoms with E-state index in [0.717, 1.165) is 23.3 Å². The first-order chi connectivity index (χ1) is 10.1. The lowest BCUT2D eigenvalue weighted by molar-refractivity contribution is 0.661. The highest BCUT2D eigenvalue weighted by Crippen LogP contribution is 2.22. The second kappa shape index (κ2) is 5.34. The molecule has 0 radical (unpaired) electrons. The quantitative estimate of drug-likeness (QED) is 0.798. The fourth-order valence-corrected chi connectivity index (χ4v) is 2.84. The number of aromatic nitrogens is 2. The van der Waals surface area contributed by atoms with E-state index in [4.69, 9.17) is 10.7 Å². The van der Waals surface area contributed by atoms with Crippen molar-refractivity contribution in [3.05, 3.63) is 65.0 Å². The average molecular weight is 279 g/mol. The SMILES string of the molecule is Cc1ccc(C)c(C(N)Cc2nc3ccccc3n2C)c1. The van der Waals surface area contributed by atoms with E-state index in [2.05, 4.69) is 49.7 Å². The summed E-state index contributed by atoms with van der Waals surface area (Å²) in [5.41, 5.74) is 12.3. The number of aryl methyl sites for hydroxylation is 3. The molecule has 3 aromatic rings. The van der Waals surface area contributed by atoms with E-state index < -0.39 is 0 Å². The third-order valence-electron chi connectivity index (χ3n) is 4.12. The van der Waals surface area contributed by atoms with Gasteiger partial charge in [-0.25, -0.2) is 4.98 Å². The Kier molecular flexibility index (Phi) is 3.52. The van der Waals surface area contributed by atoms with Crippen molar-refractivity contribution in [2.24, 2.45) is 12.8 Å². The van der Waals surface area contributed by atoms with Crippen LogP contribution in [0.2, 0.25) is 0 Å². The van der Waals surface area contributed by atoms with Crippen LogP contribution in [0.1, 0.15) is 28.6 Å². The Bertz CT molecular complexity index is 786. The zero-order chi connectivity index (χ0) is 15.0. The largest absolute Gasteiger partial charge is 0.331 e. The van der Waals surface area contributed by atoms with Gasteiger partial charge in [0.05, 0.1) is 11.0 Å². The summed E-state index contributed by atoms with van der Waals surface area (Å²) < 4.78 is 2.14. The van der Waals surface area contributed by atoms with Crippen molar-refractivity contribution >= 4 is 11.0 Å². The van der Waals surface area contributed by atoms with Crippen LogP contribution in [-0.4, -0.2) is 9.55 Å². The van der Waals surface area contributed by atoms with Gasteiger partial charge in [-0.3, -0.25) is 0 Å². The standard InChI is InChI=1S/C18H21N3/c1-12-8-9-13(2)14(10-12)15(19)11-18-20-16-6-4-5-7-17(16)21(18)3/h4-10,15H,11,19H2,1-3H3. The summed E-state index contributed by atoms with van der Waals surface area (Å²) in [7, 11) is 2.06. The molecule has 0 aliphatic rings. The molecule has 1 unspecified atom stereocenters. The fraction of sp³-hybridized carbons (Fsp3) is 0.278. The van der Waals surface area contributed by atoms with Gasteiger partial charge in [-0.05, 0) is 37.1 Å². The Balaban J connectivity index is 1.94. The maximum atomic E-state index is 6.43. The number of nitrogens with zero attached hydrogens (tertiary/aromatic N) is 2. The Morgan fingerprint density at radius 3 is 2.67 bits per heavy atom. The minimum atomic E-state index is -0.0274. The van der Waals surface area contributed by atoms with E-state index in [1.807, 2.05) is 18.2 Å². The van der Waals surface area contributed by atoms with Crippen molar-refractivity contribution in [2.45, 2.75) is 26.3 Å². The van der Waals surface area contributed by atoms with Crippen LogP contribution in [-0.2, 0) is 13.5 Å². The Hall–Kier alpha value is -2.13. The molecule has 0 bridgehead atoms. The summed E-state index contributed by atoms with van der Waals surface area (Å²) in [4.78, 5) is 4.71. The molecule has 1 heterocycles. The van der Waals surface area contributed by atoms with E-state index in [0.29, 0.717) is 0 Å². The first kappa shape index (κ1) is 13.8. The van der Waals surface area contributed by atoms with E-state index >= 15 is 0 Å². The van der Waals surface area contributed by atoms with Gasteiger partial charge >= 0.3 is 0 Å². The number of fused-ring (bicyclic) bond motifs is 1. The molecule has 0 saturated carbocycles. The molecule has 3 heteroatoms. The predicted molar refractivity (Wildman–Crippen MR) is 87.3 cm³/mol. The molecule has 0 amide bonds. The summed E-state index contributed by atoms with van der Waals surface area (Å²) in [6, 6.07) is 14.6. The lowest BCUT2D eigenvalue weighted by Crippen LogP contribution is -2.17. The zero-order valence-electron chi connectivity index (χ0n) is 12.8.